The predicted molar refractivity (Wildman–Crippen MR) is 32.4 cm³/mol. The van der Waals surface area contributed by atoms with E-state index >= 15 is 0 Å². The largest absolute Gasteiger partial charge is 0.236 e. The lowest BCUT2D eigenvalue weighted by atomic mass is 10.2. The standard InChI is InChI=1S/C4H8O2.C2H6/c1-4-2-5-6-3-4;1-2/h4H,2-3H2,1H3;1-2H3. The van der Waals surface area contributed by atoms with Gasteiger partial charge in [0.15, 0.2) is 0 Å². The summed E-state index contributed by atoms with van der Waals surface area (Å²) in [5, 5.41) is 0. The van der Waals surface area contributed by atoms with Gasteiger partial charge in [-0.2, -0.15) is 0 Å². The fourth-order valence-corrected chi connectivity index (χ4v) is 0.377. The molecule has 0 saturated carbocycles. The van der Waals surface area contributed by atoms with Crippen molar-refractivity contribution < 1.29 is 9.78 Å². The van der Waals surface area contributed by atoms with E-state index in [1.807, 2.05) is 13.8 Å². The molecule has 1 aliphatic rings. The molecule has 0 aromatic rings. The number of hydrogen-bond acceptors (Lipinski definition) is 2. The average Bonchev–Trinajstić information content (AvgIpc) is 2.24. The van der Waals surface area contributed by atoms with Crippen LogP contribution in [0.4, 0.5) is 0 Å². The van der Waals surface area contributed by atoms with Gasteiger partial charge in [-0.15, -0.1) is 0 Å². The molecule has 0 aromatic carbocycles. The molecule has 0 radical (unpaired) electrons. The lowest BCUT2D eigenvalue weighted by Crippen LogP contribution is -1.93. The van der Waals surface area contributed by atoms with E-state index in [2.05, 4.69) is 16.7 Å². The molecule has 8 heavy (non-hydrogen) atoms. The Bertz CT molecular complexity index is 39.8. The Kier molecular flexibility index (Phi) is 5.01. The smallest absolute Gasteiger partial charge is 0.0871 e. The zero-order valence-electron chi connectivity index (χ0n) is 5.81. The van der Waals surface area contributed by atoms with Gasteiger partial charge in [0.2, 0.25) is 0 Å². The molecule has 2 nitrogen and oxygen atoms in total. The molecule has 0 spiro atoms. The number of rotatable bonds is 0. The van der Waals surface area contributed by atoms with Crippen LogP contribution in [0.1, 0.15) is 20.8 Å². The minimum atomic E-state index is 0.602. The predicted octanol–water partition coefficient (Wildman–Crippen LogP) is 1.61. The van der Waals surface area contributed by atoms with Gasteiger partial charge < -0.3 is 0 Å². The normalized spacial score (nSPS) is 19.9. The van der Waals surface area contributed by atoms with Gasteiger partial charge in [-0.05, 0) is 0 Å². The zero-order chi connectivity index (χ0) is 6.41. The van der Waals surface area contributed by atoms with Gasteiger partial charge in [0, 0.05) is 5.92 Å². The van der Waals surface area contributed by atoms with Crippen LogP contribution in [0.2, 0.25) is 0 Å². The summed E-state index contributed by atoms with van der Waals surface area (Å²) in [6.45, 7) is 7.62. The second-order valence-corrected chi connectivity index (χ2v) is 1.67. The maximum absolute atomic E-state index is 4.56. The van der Waals surface area contributed by atoms with Crippen LogP contribution in [-0.4, -0.2) is 13.2 Å². The fraction of sp³-hybridized carbons (Fsp3) is 1.00. The Morgan fingerprint density at radius 2 is 1.50 bits per heavy atom. The molecule has 1 aliphatic heterocycles. The van der Waals surface area contributed by atoms with Crippen LogP contribution in [0.25, 0.3) is 0 Å². The van der Waals surface area contributed by atoms with Gasteiger partial charge >= 0.3 is 0 Å². The second-order valence-electron chi connectivity index (χ2n) is 1.67. The van der Waals surface area contributed by atoms with Crippen molar-refractivity contribution in [1.82, 2.24) is 0 Å². The highest BCUT2D eigenvalue weighted by Crippen LogP contribution is 2.04. The van der Waals surface area contributed by atoms with Gasteiger partial charge in [0.05, 0.1) is 13.2 Å². The topological polar surface area (TPSA) is 18.5 Å². The maximum Gasteiger partial charge on any atom is 0.0871 e. The lowest BCUT2D eigenvalue weighted by molar-refractivity contribution is -0.248. The third-order valence-corrected chi connectivity index (χ3v) is 0.788. The summed E-state index contributed by atoms with van der Waals surface area (Å²) in [7, 11) is 0. The first-order valence-corrected chi connectivity index (χ1v) is 3.14. The molecule has 0 aliphatic carbocycles. The summed E-state index contributed by atoms with van der Waals surface area (Å²) in [5.74, 6) is 0.602. The van der Waals surface area contributed by atoms with E-state index in [1.54, 1.807) is 0 Å². The van der Waals surface area contributed by atoms with Crippen LogP contribution in [0.5, 0.6) is 0 Å². The average molecular weight is 118 g/mol. The Hall–Kier alpha value is -0.0800. The van der Waals surface area contributed by atoms with E-state index in [9.17, 15) is 0 Å². The molecule has 0 bridgehead atoms. The van der Waals surface area contributed by atoms with E-state index in [4.69, 9.17) is 0 Å². The molecular weight excluding hydrogens is 104 g/mol. The highest BCUT2D eigenvalue weighted by molar-refractivity contribution is 4.48. The summed E-state index contributed by atoms with van der Waals surface area (Å²) in [6, 6.07) is 0. The van der Waals surface area contributed by atoms with Crippen LogP contribution in [0.15, 0.2) is 0 Å². The quantitative estimate of drug-likeness (QED) is 0.450. The van der Waals surface area contributed by atoms with E-state index < -0.39 is 0 Å². The molecule has 1 rings (SSSR count). The maximum atomic E-state index is 4.56. The van der Waals surface area contributed by atoms with Crippen LogP contribution in [0.3, 0.4) is 0 Å². The van der Waals surface area contributed by atoms with E-state index in [1.165, 1.54) is 0 Å². The zero-order valence-corrected chi connectivity index (χ0v) is 5.81. The van der Waals surface area contributed by atoms with E-state index in [-0.39, 0.29) is 0 Å². The molecule has 50 valence electrons. The van der Waals surface area contributed by atoms with Crippen molar-refractivity contribution in [2.75, 3.05) is 13.2 Å². The molecule has 0 atom stereocenters. The summed E-state index contributed by atoms with van der Waals surface area (Å²) < 4.78 is 0. The Morgan fingerprint density at radius 3 is 1.62 bits per heavy atom. The van der Waals surface area contributed by atoms with Crippen LogP contribution < -0.4 is 0 Å². The third-order valence-electron chi connectivity index (χ3n) is 0.788. The molecule has 0 aromatic heterocycles. The Balaban J connectivity index is 0.000000222. The van der Waals surface area contributed by atoms with Crippen molar-refractivity contribution in [3.05, 3.63) is 0 Å². The minimum Gasteiger partial charge on any atom is -0.236 e. The third kappa shape index (κ3) is 2.99. The van der Waals surface area contributed by atoms with Crippen molar-refractivity contribution >= 4 is 0 Å². The fourth-order valence-electron chi connectivity index (χ4n) is 0.377. The van der Waals surface area contributed by atoms with Gasteiger partial charge in [-0.3, -0.25) is 0 Å². The van der Waals surface area contributed by atoms with Crippen molar-refractivity contribution in [3.8, 4) is 0 Å². The second kappa shape index (κ2) is 5.06. The molecular formula is C6H14O2. The Morgan fingerprint density at radius 1 is 1.12 bits per heavy atom. The minimum absolute atomic E-state index is 0.602. The SMILES string of the molecule is CC.CC1COOC1. The monoisotopic (exact) mass is 118 g/mol. The van der Waals surface area contributed by atoms with Crippen LogP contribution in [-0.2, 0) is 9.78 Å². The molecule has 1 heterocycles. The van der Waals surface area contributed by atoms with Crippen molar-refractivity contribution in [1.29, 1.82) is 0 Å². The van der Waals surface area contributed by atoms with Crippen molar-refractivity contribution in [2.45, 2.75) is 20.8 Å². The van der Waals surface area contributed by atoms with Gasteiger partial charge in [0.25, 0.3) is 0 Å². The highest BCUT2D eigenvalue weighted by Gasteiger charge is 2.09. The van der Waals surface area contributed by atoms with Gasteiger partial charge in [0.1, 0.15) is 0 Å². The van der Waals surface area contributed by atoms with Crippen LogP contribution >= 0.6 is 0 Å². The number of hydrogen-bond donors (Lipinski definition) is 0. The summed E-state index contributed by atoms with van der Waals surface area (Å²) in [4.78, 5) is 9.11. The van der Waals surface area contributed by atoms with Crippen molar-refractivity contribution in [3.63, 3.8) is 0 Å². The first kappa shape index (κ1) is 7.92. The summed E-state index contributed by atoms with van der Waals surface area (Å²) in [6.07, 6.45) is 0. The van der Waals surface area contributed by atoms with Crippen molar-refractivity contribution in [2.24, 2.45) is 5.92 Å². The Labute approximate surface area is 50.7 Å². The van der Waals surface area contributed by atoms with Gasteiger partial charge in [-0.25, -0.2) is 9.78 Å². The first-order valence-electron chi connectivity index (χ1n) is 3.14. The first-order chi connectivity index (χ1) is 3.89. The van der Waals surface area contributed by atoms with E-state index in [0.29, 0.717) is 5.92 Å². The molecule has 1 saturated heterocycles. The molecule has 1 fully saturated rings. The highest BCUT2D eigenvalue weighted by atomic mass is 17.2. The van der Waals surface area contributed by atoms with E-state index in [0.717, 1.165) is 13.2 Å². The molecule has 2 heteroatoms. The van der Waals surface area contributed by atoms with Crippen LogP contribution in [0, 0.1) is 5.92 Å². The molecule has 0 amide bonds. The molecule has 0 unspecified atom stereocenters. The summed E-state index contributed by atoms with van der Waals surface area (Å²) in [5.41, 5.74) is 0. The lowest BCUT2D eigenvalue weighted by Gasteiger charge is -1.84. The summed E-state index contributed by atoms with van der Waals surface area (Å²) >= 11 is 0. The van der Waals surface area contributed by atoms with Gasteiger partial charge in [-0.1, -0.05) is 20.8 Å². The molecule has 0 N–H and O–H groups in total.